The van der Waals surface area contributed by atoms with Gasteiger partial charge in [0.1, 0.15) is 0 Å². The average molecular weight is 472 g/mol. The molecule has 0 saturated carbocycles. The number of hydrazone groups is 1. The lowest BCUT2D eigenvalue weighted by Crippen LogP contribution is -2.10. The highest BCUT2D eigenvalue weighted by molar-refractivity contribution is 14.1. The number of rotatable bonds is 6. The van der Waals surface area contributed by atoms with Gasteiger partial charge in [0.25, 0.3) is 0 Å². The van der Waals surface area contributed by atoms with E-state index in [2.05, 4.69) is 33.1 Å². The van der Waals surface area contributed by atoms with E-state index in [1.165, 1.54) is 7.11 Å². The van der Waals surface area contributed by atoms with Crippen LogP contribution in [-0.4, -0.2) is 19.3 Å². The fraction of sp³-hybridized carbons (Fsp3) is 0.0476. The van der Waals surface area contributed by atoms with E-state index in [0.717, 1.165) is 14.8 Å². The number of carbonyl (C=O) groups is 1. The lowest BCUT2D eigenvalue weighted by molar-refractivity contribution is 0.0728. The van der Waals surface area contributed by atoms with Gasteiger partial charge < -0.3 is 9.47 Å². The Hall–Kier alpha value is -2.87. The molecule has 0 aliphatic rings. The van der Waals surface area contributed by atoms with Crippen molar-refractivity contribution in [3.05, 3.63) is 87.5 Å². The van der Waals surface area contributed by atoms with E-state index in [1.54, 1.807) is 36.5 Å². The molecule has 0 aromatic heterocycles. The maximum absolute atomic E-state index is 12.3. The number of esters is 1. The molecule has 0 fully saturated rings. The normalized spacial score (nSPS) is 10.6. The van der Waals surface area contributed by atoms with Gasteiger partial charge in [0.2, 0.25) is 0 Å². The van der Waals surface area contributed by atoms with E-state index in [9.17, 15) is 4.79 Å². The minimum absolute atomic E-state index is 0.389. The van der Waals surface area contributed by atoms with Gasteiger partial charge in [0, 0.05) is 0 Å². The van der Waals surface area contributed by atoms with Gasteiger partial charge in [-0.1, -0.05) is 36.4 Å². The summed E-state index contributed by atoms with van der Waals surface area (Å²) in [6.07, 6.45) is 1.68. The lowest BCUT2D eigenvalue weighted by Gasteiger charge is -2.12. The van der Waals surface area contributed by atoms with Gasteiger partial charge in [-0.3, -0.25) is 5.43 Å². The first-order valence-electron chi connectivity index (χ1n) is 8.16. The van der Waals surface area contributed by atoms with Crippen molar-refractivity contribution in [2.24, 2.45) is 5.10 Å². The quantitative estimate of drug-likeness (QED) is 0.181. The molecule has 0 saturated heterocycles. The zero-order valence-corrected chi connectivity index (χ0v) is 16.7. The van der Waals surface area contributed by atoms with Crippen LogP contribution in [-0.2, 0) is 0 Å². The Morgan fingerprint density at radius 2 is 1.70 bits per heavy atom. The van der Waals surface area contributed by atoms with Crippen molar-refractivity contribution in [2.75, 3.05) is 12.5 Å². The summed E-state index contributed by atoms with van der Waals surface area (Å²) in [5.74, 6) is 0.423. The maximum atomic E-state index is 12.3. The fourth-order valence-corrected chi connectivity index (χ4v) is 3.07. The van der Waals surface area contributed by atoms with Crippen LogP contribution < -0.4 is 14.9 Å². The molecular weight excluding hydrogens is 455 g/mol. The van der Waals surface area contributed by atoms with Crippen molar-refractivity contribution >= 4 is 40.5 Å². The summed E-state index contributed by atoms with van der Waals surface area (Å²) in [5, 5.41) is 4.22. The van der Waals surface area contributed by atoms with E-state index in [4.69, 9.17) is 9.47 Å². The maximum Gasteiger partial charge on any atom is 0.343 e. The molecule has 0 amide bonds. The van der Waals surface area contributed by atoms with Crippen molar-refractivity contribution in [3.8, 4) is 11.5 Å². The van der Waals surface area contributed by atoms with E-state index in [0.29, 0.717) is 17.1 Å². The molecule has 0 radical (unpaired) electrons. The van der Waals surface area contributed by atoms with Crippen LogP contribution in [0.25, 0.3) is 0 Å². The van der Waals surface area contributed by atoms with Crippen LogP contribution in [0.15, 0.2) is 77.9 Å². The number of anilines is 1. The molecule has 1 N–H and O–H groups in total. The van der Waals surface area contributed by atoms with Gasteiger partial charge in [-0.25, -0.2) is 4.79 Å². The SMILES string of the molecule is COc1cc(C=NNc2ccccc2)cc(I)c1OC(=O)c1ccccc1. The Kier molecular flexibility index (Phi) is 6.43. The van der Waals surface area contributed by atoms with Crippen molar-refractivity contribution in [2.45, 2.75) is 0 Å². The summed E-state index contributed by atoms with van der Waals surface area (Å²) < 4.78 is 11.7. The molecule has 3 aromatic rings. The summed E-state index contributed by atoms with van der Waals surface area (Å²) in [6.45, 7) is 0. The minimum atomic E-state index is -0.432. The van der Waals surface area contributed by atoms with Crippen LogP contribution in [0, 0.1) is 3.57 Å². The van der Waals surface area contributed by atoms with Crippen LogP contribution in [0.5, 0.6) is 11.5 Å². The molecule has 3 rings (SSSR count). The third-order valence-electron chi connectivity index (χ3n) is 3.64. The van der Waals surface area contributed by atoms with Crippen molar-refractivity contribution in [1.82, 2.24) is 0 Å². The van der Waals surface area contributed by atoms with Crippen LogP contribution in [0.1, 0.15) is 15.9 Å². The summed E-state index contributed by atoms with van der Waals surface area (Å²) in [5.41, 5.74) is 5.15. The van der Waals surface area contributed by atoms with Gasteiger partial charge in [-0.15, -0.1) is 0 Å². The van der Waals surface area contributed by atoms with E-state index >= 15 is 0 Å². The molecule has 0 bridgehead atoms. The van der Waals surface area contributed by atoms with Crippen molar-refractivity contribution < 1.29 is 14.3 Å². The van der Waals surface area contributed by atoms with Gasteiger partial charge in [0.15, 0.2) is 11.5 Å². The highest BCUT2D eigenvalue weighted by Gasteiger charge is 2.16. The molecule has 0 aliphatic heterocycles. The highest BCUT2D eigenvalue weighted by Crippen LogP contribution is 2.34. The molecule has 136 valence electrons. The number of benzene rings is 3. The molecule has 0 unspecified atom stereocenters. The molecule has 0 heterocycles. The third kappa shape index (κ3) is 5.07. The number of carbonyl (C=O) groups excluding carboxylic acids is 1. The number of hydrogen-bond acceptors (Lipinski definition) is 5. The Bertz CT molecular complexity index is 944. The lowest BCUT2D eigenvalue weighted by atomic mass is 10.2. The molecule has 5 nitrogen and oxygen atoms in total. The molecular formula is C21H17IN2O3. The minimum Gasteiger partial charge on any atom is -0.493 e. The smallest absolute Gasteiger partial charge is 0.343 e. The molecule has 27 heavy (non-hydrogen) atoms. The molecule has 6 heteroatoms. The van der Waals surface area contributed by atoms with Crippen LogP contribution in [0.3, 0.4) is 0 Å². The van der Waals surface area contributed by atoms with Crippen LogP contribution in [0.2, 0.25) is 0 Å². The first-order chi connectivity index (χ1) is 13.2. The van der Waals surface area contributed by atoms with Crippen molar-refractivity contribution in [1.29, 1.82) is 0 Å². The highest BCUT2D eigenvalue weighted by atomic mass is 127. The standard InChI is InChI=1S/C21H17IN2O3/c1-26-19-13-15(14-23-24-17-10-6-3-7-11-17)12-18(22)20(19)27-21(25)16-8-4-2-5-9-16/h2-14,24H,1H3. The second-order valence-electron chi connectivity index (χ2n) is 5.53. The third-order valence-corrected chi connectivity index (χ3v) is 4.44. The Balaban J connectivity index is 1.77. The Morgan fingerprint density at radius 3 is 2.37 bits per heavy atom. The Labute approximate surface area is 171 Å². The first-order valence-corrected chi connectivity index (χ1v) is 9.24. The monoisotopic (exact) mass is 472 g/mol. The zero-order valence-electron chi connectivity index (χ0n) is 14.6. The van der Waals surface area contributed by atoms with E-state index < -0.39 is 5.97 Å². The number of methoxy groups -OCH3 is 1. The summed E-state index contributed by atoms with van der Waals surface area (Å²) in [7, 11) is 1.54. The van der Waals surface area contributed by atoms with Crippen LogP contribution >= 0.6 is 22.6 Å². The molecule has 3 aromatic carbocycles. The summed E-state index contributed by atoms with van der Waals surface area (Å²) in [4.78, 5) is 12.3. The van der Waals surface area contributed by atoms with Gasteiger partial charge >= 0.3 is 5.97 Å². The number of halogens is 1. The molecule has 0 atom stereocenters. The van der Waals surface area contributed by atoms with E-state index in [1.807, 2.05) is 42.5 Å². The number of nitrogens with zero attached hydrogens (tertiary/aromatic N) is 1. The first kappa shape index (κ1) is 18.9. The summed E-state index contributed by atoms with van der Waals surface area (Å²) in [6, 6.07) is 22.1. The average Bonchev–Trinajstić information content (AvgIpc) is 2.71. The summed E-state index contributed by atoms with van der Waals surface area (Å²) >= 11 is 2.11. The second-order valence-corrected chi connectivity index (χ2v) is 6.69. The molecule has 0 spiro atoms. The molecule has 0 aliphatic carbocycles. The number of para-hydroxylation sites is 1. The van der Waals surface area contributed by atoms with Gasteiger partial charge in [-0.05, 0) is 64.6 Å². The second kappa shape index (κ2) is 9.18. The fourth-order valence-electron chi connectivity index (χ4n) is 2.33. The van der Waals surface area contributed by atoms with Gasteiger partial charge in [-0.2, -0.15) is 5.10 Å². The Morgan fingerprint density at radius 1 is 1.04 bits per heavy atom. The number of ether oxygens (including phenoxy) is 2. The van der Waals surface area contributed by atoms with E-state index in [-0.39, 0.29) is 0 Å². The predicted octanol–water partition coefficient (Wildman–Crippen LogP) is 4.97. The van der Waals surface area contributed by atoms with Crippen LogP contribution in [0.4, 0.5) is 5.69 Å². The number of hydrogen-bond donors (Lipinski definition) is 1. The largest absolute Gasteiger partial charge is 0.493 e. The van der Waals surface area contributed by atoms with Crippen molar-refractivity contribution in [3.63, 3.8) is 0 Å². The number of nitrogens with one attached hydrogen (secondary N) is 1. The topological polar surface area (TPSA) is 59.9 Å². The predicted molar refractivity (Wildman–Crippen MR) is 115 cm³/mol. The van der Waals surface area contributed by atoms with Gasteiger partial charge in [0.05, 0.1) is 28.1 Å². The zero-order chi connectivity index (χ0) is 19.1.